The molecule has 0 saturated carbocycles. The van der Waals surface area contributed by atoms with Crippen LogP contribution in [0.1, 0.15) is 16.7 Å². The van der Waals surface area contributed by atoms with Gasteiger partial charge in [0.15, 0.2) is 18.0 Å². The van der Waals surface area contributed by atoms with Gasteiger partial charge in [0.2, 0.25) is 0 Å². The van der Waals surface area contributed by atoms with Crippen molar-refractivity contribution in [2.24, 2.45) is 0 Å². The molecular formula is C26H24O4. The van der Waals surface area contributed by atoms with Gasteiger partial charge in [0.25, 0.3) is 0 Å². The fourth-order valence-corrected chi connectivity index (χ4v) is 3.35. The van der Waals surface area contributed by atoms with Crippen LogP contribution in [0.15, 0.2) is 97.1 Å². The molecular weight excluding hydrogens is 376 g/mol. The quantitative estimate of drug-likeness (QED) is 0.545. The minimum atomic E-state index is -0.714. The lowest BCUT2D eigenvalue weighted by Gasteiger charge is -2.31. The van der Waals surface area contributed by atoms with Crippen molar-refractivity contribution in [3.8, 4) is 0 Å². The molecule has 0 amide bonds. The first kappa shape index (κ1) is 20.1. The number of carbonyl (C=O) groups is 1. The summed E-state index contributed by atoms with van der Waals surface area (Å²) in [4.78, 5) is 12.9. The van der Waals surface area contributed by atoms with E-state index in [1.165, 1.54) is 6.08 Å². The van der Waals surface area contributed by atoms with Gasteiger partial charge in [0.1, 0.15) is 5.76 Å². The first-order valence-electron chi connectivity index (χ1n) is 10.0. The van der Waals surface area contributed by atoms with E-state index in [4.69, 9.17) is 14.2 Å². The molecule has 4 nitrogen and oxygen atoms in total. The van der Waals surface area contributed by atoms with E-state index in [-0.39, 0.29) is 12.4 Å². The van der Waals surface area contributed by atoms with Gasteiger partial charge in [-0.25, -0.2) is 0 Å². The van der Waals surface area contributed by atoms with E-state index in [0.29, 0.717) is 19.0 Å². The average molecular weight is 400 g/mol. The van der Waals surface area contributed by atoms with Crippen molar-refractivity contribution in [1.29, 1.82) is 0 Å². The standard InChI is InChI=1S/C26H24O4/c27-23-16-24(22-14-8-3-9-15-22)30-25(19-28-17-20-10-4-1-5-11-20)26(23)29-18-21-12-6-2-7-13-21/h1-16,25-26H,17-19H2/t25-,26-/m1/s1. The Bertz CT molecular complexity index is 968. The van der Waals surface area contributed by atoms with Crippen LogP contribution in [-0.4, -0.2) is 24.6 Å². The van der Waals surface area contributed by atoms with Crippen molar-refractivity contribution in [3.05, 3.63) is 114 Å². The number of ether oxygens (including phenoxy) is 3. The first-order chi connectivity index (χ1) is 14.8. The molecule has 1 heterocycles. The molecule has 0 aromatic heterocycles. The zero-order chi connectivity index (χ0) is 20.6. The Kier molecular flexibility index (Phi) is 6.70. The van der Waals surface area contributed by atoms with E-state index in [0.717, 1.165) is 16.7 Å². The first-order valence-corrected chi connectivity index (χ1v) is 10.0. The lowest BCUT2D eigenvalue weighted by molar-refractivity contribution is -0.141. The molecule has 0 radical (unpaired) electrons. The molecule has 0 bridgehead atoms. The Morgan fingerprint density at radius 1 is 0.733 bits per heavy atom. The fraction of sp³-hybridized carbons (Fsp3) is 0.192. The molecule has 0 N–H and O–H groups in total. The Morgan fingerprint density at radius 3 is 1.93 bits per heavy atom. The van der Waals surface area contributed by atoms with Crippen molar-refractivity contribution in [2.45, 2.75) is 25.4 Å². The Hall–Kier alpha value is -3.21. The smallest absolute Gasteiger partial charge is 0.192 e. The zero-order valence-corrected chi connectivity index (χ0v) is 16.6. The number of ketones is 1. The summed E-state index contributed by atoms with van der Waals surface area (Å²) in [7, 11) is 0. The van der Waals surface area contributed by atoms with Crippen LogP contribution >= 0.6 is 0 Å². The molecule has 3 aromatic carbocycles. The Balaban J connectivity index is 1.47. The monoisotopic (exact) mass is 400 g/mol. The summed E-state index contributed by atoms with van der Waals surface area (Å²) in [6, 6.07) is 29.3. The SMILES string of the molecule is O=C1C=C(c2ccccc2)O[C@H](COCc2ccccc2)[C@@H]1OCc1ccccc1. The molecule has 30 heavy (non-hydrogen) atoms. The highest BCUT2D eigenvalue weighted by Crippen LogP contribution is 2.26. The van der Waals surface area contributed by atoms with Crippen molar-refractivity contribution in [2.75, 3.05) is 6.61 Å². The van der Waals surface area contributed by atoms with Crippen LogP contribution in [0.2, 0.25) is 0 Å². The van der Waals surface area contributed by atoms with E-state index in [2.05, 4.69) is 0 Å². The maximum absolute atomic E-state index is 12.9. The normalized spacial score (nSPS) is 18.5. The van der Waals surface area contributed by atoms with Crippen LogP contribution < -0.4 is 0 Å². The molecule has 0 spiro atoms. The molecule has 0 saturated heterocycles. The highest BCUT2D eigenvalue weighted by atomic mass is 16.6. The number of hydrogen-bond donors (Lipinski definition) is 0. The number of carbonyl (C=O) groups excluding carboxylic acids is 1. The van der Waals surface area contributed by atoms with Crippen LogP contribution in [0.5, 0.6) is 0 Å². The maximum atomic E-state index is 12.9. The molecule has 4 rings (SSSR count). The Labute approximate surface area is 176 Å². The summed E-state index contributed by atoms with van der Waals surface area (Å²) < 4.78 is 18.0. The highest BCUT2D eigenvalue weighted by molar-refractivity contribution is 6.00. The van der Waals surface area contributed by atoms with Gasteiger partial charge in [0, 0.05) is 11.6 Å². The second-order valence-electron chi connectivity index (χ2n) is 7.15. The van der Waals surface area contributed by atoms with Gasteiger partial charge in [0.05, 0.1) is 19.8 Å². The van der Waals surface area contributed by atoms with Gasteiger partial charge in [-0.1, -0.05) is 91.0 Å². The fourth-order valence-electron chi connectivity index (χ4n) is 3.35. The van der Waals surface area contributed by atoms with Gasteiger partial charge < -0.3 is 14.2 Å². The minimum absolute atomic E-state index is 0.107. The number of rotatable bonds is 8. The summed E-state index contributed by atoms with van der Waals surface area (Å²) >= 11 is 0. The van der Waals surface area contributed by atoms with Crippen LogP contribution in [-0.2, 0) is 32.2 Å². The second-order valence-corrected chi connectivity index (χ2v) is 7.15. The third-order valence-electron chi connectivity index (χ3n) is 4.89. The minimum Gasteiger partial charge on any atom is -0.484 e. The third-order valence-corrected chi connectivity index (χ3v) is 4.89. The second kappa shape index (κ2) is 10.0. The van der Waals surface area contributed by atoms with Gasteiger partial charge in [-0.2, -0.15) is 0 Å². The van der Waals surface area contributed by atoms with Crippen molar-refractivity contribution < 1.29 is 19.0 Å². The van der Waals surface area contributed by atoms with Gasteiger partial charge in [-0.3, -0.25) is 4.79 Å². The molecule has 1 aliphatic heterocycles. The maximum Gasteiger partial charge on any atom is 0.192 e. The van der Waals surface area contributed by atoms with E-state index >= 15 is 0 Å². The van der Waals surface area contributed by atoms with Crippen LogP contribution in [0.25, 0.3) is 5.76 Å². The largest absolute Gasteiger partial charge is 0.484 e. The number of benzene rings is 3. The summed E-state index contributed by atoms with van der Waals surface area (Å²) in [5.74, 6) is 0.442. The zero-order valence-electron chi connectivity index (χ0n) is 16.6. The molecule has 4 heteroatoms. The summed E-state index contributed by atoms with van der Waals surface area (Å²) in [6.07, 6.45) is 0.289. The van der Waals surface area contributed by atoms with Gasteiger partial charge in [-0.15, -0.1) is 0 Å². The van der Waals surface area contributed by atoms with E-state index in [9.17, 15) is 4.79 Å². The Morgan fingerprint density at radius 2 is 1.30 bits per heavy atom. The van der Waals surface area contributed by atoms with Gasteiger partial charge in [-0.05, 0) is 11.1 Å². The molecule has 2 atom stereocenters. The molecule has 0 aliphatic carbocycles. The third kappa shape index (κ3) is 5.23. The van der Waals surface area contributed by atoms with E-state index in [1.54, 1.807) is 0 Å². The lowest BCUT2D eigenvalue weighted by atomic mass is 10.0. The van der Waals surface area contributed by atoms with Crippen molar-refractivity contribution in [3.63, 3.8) is 0 Å². The molecule has 152 valence electrons. The van der Waals surface area contributed by atoms with Crippen LogP contribution in [0.3, 0.4) is 0 Å². The van der Waals surface area contributed by atoms with Crippen LogP contribution in [0.4, 0.5) is 0 Å². The summed E-state index contributed by atoms with van der Waals surface area (Å²) in [5.41, 5.74) is 2.94. The topological polar surface area (TPSA) is 44.8 Å². The predicted molar refractivity (Wildman–Crippen MR) is 115 cm³/mol. The molecule has 1 aliphatic rings. The van der Waals surface area contributed by atoms with Gasteiger partial charge >= 0.3 is 0 Å². The molecule has 0 unspecified atom stereocenters. The molecule has 0 fully saturated rings. The van der Waals surface area contributed by atoms with E-state index in [1.807, 2.05) is 91.0 Å². The van der Waals surface area contributed by atoms with Crippen molar-refractivity contribution >= 4 is 11.5 Å². The highest BCUT2D eigenvalue weighted by Gasteiger charge is 2.35. The van der Waals surface area contributed by atoms with E-state index < -0.39 is 12.2 Å². The average Bonchev–Trinajstić information content (AvgIpc) is 2.80. The summed E-state index contributed by atoms with van der Waals surface area (Å²) in [6.45, 7) is 1.04. The van der Waals surface area contributed by atoms with Crippen molar-refractivity contribution in [1.82, 2.24) is 0 Å². The predicted octanol–water partition coefficient (Wildman–Crippen LogP) is 4.80. The number of hydrogen-bond acceptors (Lipinski definition) is 4. The van der Waals surface area contributed by atoms with Crippen LogP contribution in [0, 0.1) is 0 Å². The molecule has 3 aromatic rings. The lowest BCUT2D eigenvalue weighted by Crippen LogP contribution is -2.43. The summed E-state index contributed by atoms with van der Waals surface area (Å²) in [5, 5.41) is 0.